The van der Waals surface area contributed by atoms with Crippen molar-refractivity contribution in [2.75, 3.05) is 17.7 Å². The molecule has 0 N–H and O–H groups in total. The van der Waals surface area contributed by atoms with Crippen LogP contribution in [0.5, 0.6) is 0 Å². The first-order valence-corrected chi connectivity index (χ1v) is 8.25. The lowest BCUT2D eigenvalue weighted by molar-refractivity contribution is -0.115. The van der Waals surface area contributed by atoms with Crippen LogP contribution in [0.2, 0.25) is 0 Å². The van der Waals surface area contributed by atoms with Gasteiger partial charge in [0.1, 0.15) is 0 Å². The van der Waals surface area contributed by atoms with E-state index in [0.29, 0.717) is 5.75 Å². The molecule has 0 atom stereocenters. The molecule has 0 saturated carbocycles. The molecule has 0 heterocycles. The average Bonchev–Trinajstić information content (AvgIpc) is 2.47. The Bertz CT molecular complexity index is 574. The molecule has 0 saturated heterocycles. The smallest absolute Gasteiger partial charge is 0.236 e. The highest BCUT2D eigenvalue weighted by Crippen LogP contribution is 2.18. The van der Waals surface area contributed by atoms with Gasteiger partial charge in [0, 0.05) is 23.0 Å². The van der Waals surface area contributed by atoms with Crippen molar-refractivity contribution >= 4 is 39.3 Å². The second kappa shape index (κ2) is 7.50. The van der Waals surface area contributed by atoms with Crippen LogP contribution >= 0.6 is 27.7 Å². The molecule has 0 aliphatic rings. The van der Waals surface area contributed by atoms with Crippen LogP contribution in [-0.4, -0.2) is 18.7 Å². The number of carbonyl (C=O) groups is 1. The molecule has 1 amide bonds. The number of rotatable bonds is 5. The first-order chi connectivity index (χ1) is 9.66. The quantitative estimate of drug-likeness (QED) is 0.799. The largest absolute Gasteiger partial charge is 0.315 e. The molecule has 0 bridgehead atoms. The fraction of sp³-hybridized carbons (Fsp3) is 0.188. The number of nitrogens with zero attached hydrogens (tertiary/aromatic N) is 1. The fourth-order valence-corrected chi connectivity index (χ4v) is 3.11. The van der Waals surface area contributed by atoms with E-state index in [0.717, 1.165) is 15.9 Å². The maximum Gasteiger partial charge on any atom is 0.236 e. The van der Waals surface area contributed by atoms with Crippen molar-refractivity contribution in [1.82, 2.24) is 0 Å². The third-order valence-corrected chi connectivity index (χ3v) is 4.38. The van der Waals surface area contributed by atoms with Crippen LogP contribution in [-0.2, 0) is 10.5 Å². The summed E-state index contributed by atoms with van der Waals surface area (Å²) in [6, 6.07) is 17.9. The Kier molecular flexibility index (Phi) is 5.68. The molecule has 20 heavy (non-hydrogen) atoms. The van der Waals surface area contributed by atoms with Gasteiger partial charge in [-0.25, -0.2) is 0 Å². The van der Waals surface area contributed by atoms with E-state index in [-0.39, 0.29) is 5.91 Å². The maximum atomic E-state index is 12.1. The molecule has 0 fully saturated rings. The molecule has 2 nitrogen and oxygen atoms in total. The summed E-state index contributed by atoms with van der Waals surface area (Å²) >= 11 is 5.09. The Labute approximate surface area is 132 Å². The number of amides is 1. The first-order valence-electron chi connectivity index (χ1n) is 6.30. The summed E-state index contributed by atoms with van der Waals surface area (Å²) in [6.45, 7) is 0. The highest BCUT2D eigenvalue weighted by molar-refractivity contribution is 9.10. The van der Waals surface area contributed by atoms with E-state index >= 15 is 0 Å². The summed E-state index contributed by atoms with van der Waals surface area (Å²) in [7, 11) is 1.82. The highest BCUT2D eigenvalue weighted by Gasteiger charge is 2.10. The molecule has 0 aliphatic heterocycles. The summed E-state index contributed by atoms with van der Waals surface area (Å²) < 4.78 is 1.07. The molecular formula is C16H16BrNOS. The van der Waals surface area contributed by atoms with Crippen molar-refractivity contribution in [2.45, 2.75) is 5.75 Å². The van der Waals surface area contributed by atoms with Crippen LogP contribution in [0.15, 0.2) is 59.1 Å². The van der Waals surface area contributed by atoms with Crippen LogP contribution in [0.4, 0.5) is 5.69 Å². The van der Waals surface area contributed by atoms with Crippen molar-refractivity contribution in [2.24, 2.45) is 0 Å². The molecule has 0 spiro atoms. The maximum absolute atomic E-state index is 12.1. The molecule has 2 aromatic rings. The zero-order valence-corrected chi connectivity index (χ0v) is 13.7. The van der Waals surface area contributed by atoms with E-state index in [4.69, 9.17) is 0 Å². The van der Waals surface area contributed by atoms with Gasteiger partial charge in [0.2, 0.25) is 5.91 Å². The highest BCUT2D eigenvalue weighted by atomic mass is 79.9. The minimum atomic E-state index is 0.121. The second-order valence-corrected chi connectivity index (χ2v) is 6.31. The lowest BCUT2D eigenvalue weighted by Gasteiger charge is -2.16. The van der Waals surface area contributed by atoms with E-state index < -0.39 is 0 Å². The van der Waals surface area contributed by atoms with E-state index in [9.17, 15) is 4.79 Å². The lowest BCUT2D eigenvalue weighted by Crippen LogP contribution is -2.27. The predicted molar refractivity (Wildman–Crippen MR) is 90.2 cm³/mol. The van der Waals surface area contributed by atoms with Crippen LogP contribution < -0.4 is 4.90 Å². The minimum absolute atomic E-state index is 0.121. The van der Waals surface area contributed by atoms with Crippen molar-refractivity contribution in [3.63, 3.8) is 0 Å². The molecule has 2 rings (SSSR count). The van der Waals surface area contributed by atoms with E-state index in [1.54, 1.807) is 16.7 Å². The average molecular weight is 350 g/mol. The van der Waals surface area contributed by atoms with Crippen LogP contribution in [0, 0.1) is 0 Å². The predicted octanol–water partition coefficient (Wildman–Crippen LogP) is 4.35. The van der Waals surface area contributed by atoms with Crippen molar-refractivity contribution in [3.8, 4) is 0 Å². The third-order valence-electron chi connectivity index (χ3n) is 2.90. The van der Waals surface area contributed by atoms with Gasteiger partial charge < -0.3 is 4.90 Å². The van der Waals surface area contributed by atoms with Crippen LogP contribution in [0.1, 0.15) is 5.56 Å². The van der Waals surface area contributed by atoms with Crippen LogP contribution in [0.25, 0.3) is 0 Å². The summed E-state index contributed by atoms with van der Waals surface area (Å²) in [6.07, 6.45) is 0. The topological polar surface area (TPSA) is 20.3 Å². The van der Waals surface area contributed by atoms with Gasteiger partial charge in [-0.05, 0) is 29.8 Å². The van der Waals surface area contributed by atoms with Crippen molar-refractivity contribution < 1.29 is 4.79 Å². The zero-order chi connectivity index (χ0) is 14.4. The van der Waals surface area contributed by atoms with Gasteiger partial charge in [-0.1, -0.05) is 46.3 Å². The van der Waals surface area contributed by atoms with Gasteiger partial charge in [-0.3, -0.25) is 4.79 Å². The summed E-state index contributed by atoms with van der Waals surface area (Å²) in [4.78, 5) is 13.8. The standard InChI is InChI=1S/C16H16BrNOS/c1-18(15-8-3-2-4-9-15)16(19)12-20-11-13-6-5-7-14(17)10-13/h2-10H,11-12H2,1H3. The van der Waals surface area contributed by atoms with Gasteiger partial charge in [-0.2, -0.15) is 0 Å². The molecular weight excluding hydrogens is 334 g/mol. The summed E-state index contributed by atoms with van der Waals surface area (Å²) in [5, 5.41) is 0. The van der Waals surface area contributed by atoms with Gasteiger partial charge in [0.15, 0.2) is 0 Å². The van der Waals surface area contributed by atoms with Gasteiger partial charge in [0.05, 0.1) is 5.75 Å². The normalized spacial score (nSPS) is 10.3. The van der Waals surface area contributed by atoms with Gasteiger partial charge in [-0.15, -0.1) is 11.8 Å². The summed E-state index contributed by atoms with van der Waals surface area (Å²) in [5.74, 6) is 1.45. The van der Waals surface area contributed by atoms with Gasteiger partial charge in [0.25, 0.3) is 0 Å². The molecule has 0 aliphatic carbocycles. The molecule has 104 valence electrons. The number of anilines is 1. The van der Waals surface area contributed by atoms with E-state index in [1.165, 1.54) is 5.56 Å². The van der Waals surface area contributed by atoms with E-state index in [1.807, 2.05) is 49.5 Å². The minimum Gasteiger partial charge on any atom is -0.315 e. The third kappa shape index (κ3) is 4.39. The van der Waals surface area contributed by atoms with Crippen molar-refractivity contribution in [3.05, 3.63) is 64.6 Å². The fourth-order valence-electron chi connectivity index (χ4n) is 1.78. The number of hydrogen-bond acceptors (Lipinski definition) is 2. The Balaban J connectivity index is 1.83. The van der Waals surface area contributed by atoms with Gasteiger partial charge >= 0.3 is 0 Å². The summed E-state index contributed by atoms with van der Waals surface area (Å²) in [5.41, 5.74) is 2.15. The lowest BCUT2D eigenvalue weighted by atomic mass is 10.2. The number of carbonyl (C=O) groups excluding carboxylic acids is 1. The monoisotopic (exact) mass is 349 g/mol. The van der Waals surface area contributed by atoms with Crippen LogP contribution in [0.3, 0.4) is 0 Å². The molecule has 0 unspecified atom stereocenters. The molecule has 0 aromatic heterocycles. The SMILES string of the molecule is CN(C(=O)CSCc1cccc(Br)c1)c1ccccc1. The Morgan fingerprint density at radius 2 is 1.90 bits per heavy atom. The Morgan fingerprint density at radius 3 is 2.60 bits per heavy atom. The molecule has 4 heteroatoms. The van der Waals surface area contributed by atoms with E-state index in [2.05, 4.69) is 28.1 Å². The zero-order valence-electron chi connectivity index (χ0n) is 11.3. The first kappa shape index (κ1) is 15.1. The number of thioether (sulfide) groups is 1. The molecule has 2 aromatic carbocycles. The number of para-hydroxylation sites is 1. The Hall–Kier alpha value is -1.26. The second-order valence-electron chi connectivity index (χ2n) is 4.41. The number of benzene rings is 2. The number of halogens is 1. The molecule has 0 radical (unpaired) electrons. The van der Waals surface area contributed by atoms with Crippen molar-refractivity contribution in [1.29, 1.82) is 0 Å². The number of hydrogen-bond donors (Lipinski definition) is 0. The Morgan fingerprint density at radius 1 is 1.15 bits per heavy atom.